The molecule has 0 saturated heterocycles. The van der Waals surface area contributed by atoms with Crippen LogP contribution in [0.1, 0.15) is 43.7 Å². The van der Waals surface area contributed by atoms with E-state index in [0.29, 0.717) is 24.9 Å². The number of amides is 1. The van der Waals surface area contributed by atoms with Crippen molar-refractivity contribution < 1.29 is 9.90 Å². The first-order valence-corrected chi connectivity index (χ1v) is 7.09. The molecule has 0 radical (unpaired) electrons. The first-order valence-electron chi connectivity index (χ1n) is 7.09. The maximum absolute atomic E-state index is 12.1. The van der Waals surface area contributed by atoms with E-state index in [4.69, 9.17) is 10.4 Å². The number of hydrogen-bond acceptors (Lipinski definition) is 3. The van der Waals surface area contributed by atoms with Crippen LogP contribution >= 0.6 is 0 Å². The fourth-order valence-corrected chi connectivity index (χ4v) is 2.01. The number of aliphatic hydroxyl groups is 1. The fourth-order valence-electron chi connectivity index (χ4n) is 2.01. The molecule has 0 bridgehead atoms. The smallest absolute Gasteiger partial charge is 0.222 e. The van der Waals surface area contributed by atoms with E-state index in [2.05, 4.69) is 6.07 Å². The van der Waals surface area contributed by atoms with Gasteiger partial charge in [-0.15, -0.1) is 0 Å². The third-order valence-corrected chi connectivity index (χ3v) is 3.10. The topological polar surface area (TPSA) is 64.3 Å². The van der Waals surface area contributed by atoms with Gasteiger partial charge in [-0.3, -0.25) is 4.79 Å². The van der Waals surface area contributed by atoms with E-state index in [1.54, 1.807) is 12.1 Å². The molecule has 0 fully saturated rings. The number of hydrogen-bond donors (Lipinski definition) is 1. The van der Waals surface area contributed by atoms with Gasteiger partial charge in [0.25, 0.3) is 0 Å². The summed E-state index contributed by atoms with van der Waals surface area (Å²) in [4.78, 5) is 14.0. The number of nitriles is 1. The van der Waals surface area contributed by atoms with E-state index in [9.17, 15) is 4.79 Å². The van der Waals surface area contributed by atoms with Crippen LogP contribution in [0.5, 0.6) is 0 Å². The summed E-state index contributed by atoms with van der Waals surface area (Å²) < 4.78 is 0. The molecule has 108 valence electrons. The monoisotopic (exact) mass is 274 g/mol. The molecule has 1 aromatic carbocycles. The first kappa shape index (κ1) is 16.2. The van der Waals surface area contributed by atoms with Crippen molar-refractivity contribution in [3.63, 3.8) is 0 Å². The Morgan fingerprint density at radius 2 is 2.00 bits per heavy atom. The molecule has 0 spiro atoms. The molecular formula is C16H22N2O2. The minimum absolute atomic E-state index is 0.129. The van der Waals surface area contributed by atoms with Crippen molar-refractivity contribution in [1.29, 1.82) is 5.26 Å². The van der Waals surface area contributed by atoms with Crippen molar-refractivity contribution in [3.8, 4) is 6.07 Å². The lowest BCUT2D eigenvalue weighted by atomic mass is 10.1. The van der Waals surface area contributed by atoms with Crippen LogP contribution < -0.4 is 0 Å². The molecule has 1 N–H and O–H groups in total. The molecule has 0 aromatic heterocycles. The fraction of sp³-hybridized carbons (Fsp3) is 0.500. The van der Waals surface area contributed by atoms with E-state index < -0.39 is 0 Å². The molecule has 1 rings (SSSR count). The van der Waals surface area contributed by atoms with Crippen molar-refractivity contribution in [2.45, 2.75) is 39.2 Å². The molecule has 0 aliphatic carbocycles. The zero-order valence-electron chi connectivity index (χ0n) is 12.0. The highest BCUT2D eigenvalue weighted by molar-refractivity contribution is 5.76. The summed E-state index contributed by atoms with van der Waals surface area (Å²) in [6, 6.07) is 9.41. The molecule has 0 atom stereocenters. The van der Waals surface area contributed by atoms with Gasteiger partial charge >= 0.3 is 0 Å². The summed E-state index contributed by atoms with van der Waals surface area (Å²) in [5.74, 6) is 0.129. The van der Waals surface area contributed by atoms with Gasteiger partial charge in [0.1, 0.15) is 0 Å². The predicted octanol–water partition coefficient (Wildman–Crippen LogP) is 2.46. The Kier molecular flexibility index (Phi) is 7.38. The van der Waals surface area contributed by atoms with Crippen molar-refractivity contribution in [2.75, 3.05) is 13.2 Å². The number of rotatable bonds is 8. The molecule has 1 amide bonds. The molecule has 0 saturated carbocycles. The molecular weight excluding hydrogens is 252 g/mol. The molecule has 4 heteroatoms. The van der Waals surface area contributed by atoms with Crippen molar-refractivity contribution in [3.05, 3.63) is 35.4 Å². The second-order valence-electron chi connectivity index (χ2n) is 4.80. The summed E-state index contributed by atoms with van der Waals surface area (Å²) in [6.45, 7) is 3.50. The average molecular weight is 274 g/mol. The summed E-state index contributed by atoms with van der Waals surface area (Å²) >= 11 is 0. The minimum atomic E-state index is 0.129. The number of carbonyl (C=O) groups excluding carboxylic acids is 1. The van der Waals surface area contributed by atoms with Gasteiger partial charge in [0, 0.05) is 26.1 Å². The summed E-state index contributed by atoms with van der Waals surface area (Å²) in [5.41, 5.74) is 1.66. The van der Waals surface area contributed by atoms with Crippen molar-refractivity contribution in [2.24, 2.45) is 0 Å². The second-order valence-corrected chi connectivity index (χ2v) is 4.80. The SMILES string of the molecule is CCCN(Cc1ccc(C#N)cc1)C(=O)CCCCO. The number of carbonyl (C=O) groups is 1. The van der Waals surface area contributed by atoms with E-state index in [0.717, 1.165) is 24.9 Å². The number of benzene rings is 1. The molecule has 0 heterocycles. The standard InChI is InChI=1S/C16H22N2O2/c1-2-10-18(16(20)5-3-4-11-19)13-15-8-6-14(12-17)7-9-15/h6-9,19H,2-5,10-11,13H2,1H3. The van der Waals surface area contributed by atoms with E-state index in [-0.39, 0.29) is 12.5 Å². The summed E-state index contributed by atoms with van der Waals surface area (Å²) in [5, 5.41) is 17.5. The quantitative estimate of drug-likeness (QED) is 0.741. The lowest BCUT2D eigenvalue weighted by molar-refractivity contribution is -0.132. The second kappa shape index (κ2) is 9.11. The van der Waals surface area contributed by atoms with Crippen molar-refractivity contribution >= 4 is 5.91 Å². The highest BCUT2D eigenvalue weighted by Crippen LogP contribution is 2.10. The van der Waals surface area contributed by atoms with Crippen LogP contribution in [0.4, 0.5) is 0 Å². The van der Waals surface area contributed by atoms with Crippen molar-refractivity contribution in [1.82, 2.24) is 4.90 Å². The maximum atomic E-state index is 12.1. The Morgan fingerprint density at radius 1 is 1.30 bits per heavy atom. The summed E-state index contributed by atoms with van der Waals surface area (Å²) in [7, 11) is 0. The van der Waals surface area contributed by atoms with Gasteiger partial charge in [-0.05, 0) is 37.0 Å². The van der Waals surface area contributed by atoms with Gasteiger partial charge in [-0.25, -0.2) is 0 Å². The molecule has 1 aromatic rings. The van der Waals surface area contributed by atoms with Gasteiger partial charge < -0.3 is 10.0 Å². The number of nitrogens with zero attached hydrogens (tertiary/aromatic N) is 2. The third kappa shape index (κ3) is 5.41. The highest BCUT2D eigenvalue weighted by Gasteiger charge is 2.12. The number of aliphatic hydroxyl groups excluding tert-OH is 1. The molecule has 0 unspecified atom stereocenters. The zero-order valence-corrected chi connectivity index (χ0v) is 12.0. The van der Waals surface area contributed by atoms with Gasteiger partial charge in [0.05, 0.1) is 11.6 Å². The Hall–Kier alpha value is -1.86. The molecule has 20 heavy (non-hydrogen) atoms. The van der Waals surface area contributed by atoms with E-state index in [1.807, 2.05) is 24.0 Å². The van der Waals surface area contributed by atoms with Crippen LogP contribution in [-0.4, -0.2) is 29.1 Å². The maximum Gasteiger partial charge on any atom is 0.222 e. The third-order valence-electron chi connectivity index (χ3n) is 3.10. The minimum Gasteiger partial charge on any atom is -0.396 e. The van der Waals surface area contributed by atoms with Gasteiger partial charge in [0.2, 0.25) is 5.91 Å². The van der Waals surface area contributed by atoms with Gasteiger partial charge in [-0.1, -0.05) is 19.1 Å². The zero-order chi connectivity index (χ0) is 14.8. The predicted molar refractivity (Wildman–Crippen MR) is 77.8 cm³/mol. The van der Waals surface area contributed by atoms with Crippen LogP contribution in [0.3, 0.4) is 0 Å². The lowest BCUT2D eigenvalue weighted by Gasteiger charge is -2.22. The highest BCUT2D eigenvalue weighted by atomic mass is 16.3. The Labute approximate surface area is 120 Å². The number of unbranched alkanes of at least 4 members (excludes halogenated alkanes) is 1. The lowest BCUT2D eigenvalue weighted by Crippen LogP contribution is -2.31. The van der Waals surface area contributed by atoms with Crippen LogP contribution in [-0.2, 0) is 11.3 Å². The Balaban J connectivity index is 2.60. The van der Waals surface area contributed by atoms with E-state index in [1.165, 1.54) is 0 Å². The molecule has 0 aliphatic heterocycles. The first-order chi connectivity index (χ1) is 9.71. The van der Waals surface area contributed by atoms with Gasteiger partial charge in [0.15, 0.2) is 0 Å². The Bertz CT molecular complexity index is 449. The molecule has 0 aliphatic rings. The van der Waals surface area contributed by atoms with Crippen LogP contribution in [0, 0.1) is 11.3 Å². The van der Waals surface area contributed by atoms with E-state index >= 15 is 0 Å². The average Bonchev–Trinajstić information content (AvgIpc) is 2.47. The van der Waals surface area contributed by atoms with Gasteiger partial charge in [-0.2, -0.15) is 5.26 Å². The Morgan fingerprint density at radius 3 is 2.55 bits per heavy atom. The largest absolute Gasteiger partial charge is 0.396 e. The normalized spacial score (nSPS) is 10.1. The van der Waals surface area contributed by atoms with Crippen LogP contribution in [0.25, 0.3) is 0 Å². The van der Waals surface area contributed by atoms with Crippen LogP contribution in [0.15, 0.2) is 24.3 Å². The summed E-state index contributed by atoms with van der Waals surface area (Å²) in [6.07, 6.45) is 2.80. The van der Waals surface area contributed by atoms with Crippen LogP contribution in [0.2, 0.25) is 0 Å². The molecule has 4 nitrogen and oxygen atoms in total.